The molecule has 12 heavy (non-hydrogen) atoms. The van der Waals surface area contributed by atoms with Crippen LogP contribution < -0.4 is 16.4 Å². The standard InChI is InChI=1S/C8H21N3O/c1-8(2,7-12)11-6-5-10-4-3-9/h10-12H,3-7,9H2,1-2H3. The number of hydrogen-bond acceptors (Lipinski definition) is 4. The van der Waals surface area contributed by atoms with E-state index in [0.717, 1.165) is 19.6 Å². The van der Waals surface area contributed by atoms with Crippen molar-refractivity contribution < 1.29 is 5.11 Å². The van der Waals surface area contributed by atoms with Crippen molar-refractivity contribution in [3.05, 3.63) is 0 Å². The number of aliphatic hydroxyl groups is 1. The molecule has 0 aromatic carbocycles. The first-order chi connectivity index (χ1) is 5.62. The van der Waals surface area contributed by atoms with Gasteiger partial charge < -0.3 is 21.5 Å². The summed E-state index contributed by atoms with van der Waals surface area (Å²) in [5, 5.41) is 15.3. The van der Waals surface area contributed by atoms with Crippen molar-refractivity contribution in [3.63, 3.8) is 0 Å². The van der Waals surface area contributed by atoms with Crippen molar-refractivity contribution >= 4 is 0 Å². The molecular formula is C8H21N3O. The average Bonchev–Trinajstić information content (AvgIpc) is 2.04. The molecule has 0 amide bonds. The highest BCUT2D eigenvalue weighted by molar-refractivity contribution is 4.75. The van der Waals surface area contributed by atoms with Crippen LogP contribution in [0.1, 0.15) is 13.8 Å². The summed E-state index contributed by atoms with van der Waals surface area (Å²) in [6.45, 7) is 7.36. The first-order valence-corrected chi connectivity index (χ1v) is 4.39. The lowest BCUT2D eigenvalue weighted by molar-refractivity contribution is 0.189. The molecule has 0 fully saturated rings. The van der Waals surface area contributed by atoms with Gasteiger partial charge in [-0.15, -0.1) is 0 Å². The molecule has 74 valence electrons. The van der Waals surface area contributed by atoms with Gasteiger partial charge in [0.25, 0.3) is 0 Å². The predicted molar refractivity (Wildman–Crippen MR) is 51.1 cm³/mol. The van der Waals surface area contributed by atoms with Crippen molar-refractivity contribution in [1.82, 2.24) is 10.6 Å². The Kier molecular flexibility index (Phi) is 6.28. The van der Waals surface area contributed by atoms with Gasteiger partial charge in [-0.2, -0.15) is 0 Å². The Labute approximate surface area is 74.5 Å². The van der Waals surface area contributed by atoms with Crippen LogP contribution >= 0.6 is 0 Å². The maximum atomic E-state index is 8.89. The molecule has 0 aromatic heterocycles. The summed E-state index contributed by atoms with van der Waals surface area (Å²) in [7, 11) is 0. The summed E-state index contributed by atoms with van der Waals surface area (Å²) in [6.07, 6.45) is 0. The minimum Gasteiger partial charge on any atom is -0.394 e. The molecule has 5 N–H and O–H groups in total. The maximum absolute atomic E-state index is 8.89. The van der Waals surface area contributed by atoms with E-state index in [2.05, 4.69) is 10.6 Å². The summed E-state index contributed by atoms with van der Waals surface area (Å²) >= 11 is 0. The van der Waals surface area contributed by atoms with Gasteiger partial charge in [-0.25, -0.2) is 0 Å². The van der Waals surface area contributed by atoms with Gasteiger partial charge >= 0.3 is 0 Å². The van der Waals surface area contributed by atoms with Gasteiger partial charge in [0.05, 0.1) is 6.61 Å². The van der Waals surface area contributed by atoms with Crippen LogP contribution in [0, 0.1) is 0 Å². The number of nitrogens with one attached hydrogen (secondary N) is 2. The predicted octanol–water partition coefficient (Wildman–Crippen LogP) is -1.10. The molecule has 4 nitrogen and oxygen atoms in total. The van der Waals surface area contributed by atoms with Gasteiger partial charge in [-0.1, -0.05) is 0 Å². The molecule has 0 saturated carbocycles. The van der Waals surface area contributed by atoms with E-state index < -0.39 is 0 Å². The van der Waals surface area contributed by atoms with E-state index in [9.17, 15) is 0 Å². The molecule has 0 heterocycles. The zero-order valence-electron chi connectivity index (χ0n) is 8.06. The Hall–Kier alpha value is -0.160. The number of rotatable bonds is 7. The van der Waals surface area contributed by atoms with E-state index in [4.69, 9.17) is 10.8 Å². The third-order valence-electron chi connectivity index (χ3n) is 1.62. The van der Waals surface area contributed by atoms with Crippen molar-refractivity contribution in [3.8, 4) is 0 Å². The zero-order valence-corrected chi connectivity index (χ0v) is 8.06. The van der Waals surface area contributed by atoms with Gasteiger partial charge in [-0.05, 0) is 13.8 Å². The molecule has 0 aliphatic carbocycles. The third kappa shape index (κ3) is 6.54. The molecule has 4 heteroatoms. The second kappa shape index (κ2) is 6.37. The zero-order chi connectivity index (χ0) is 9.45. The third-order valence-corrected chi connectivity index (χ3v) is 1.62. The van der Waals surface area contributed by atoms with Crippen LogP contribution in [-0.4, -0.2) is 43.4 Å². The summed E-state index contributed by atoms with van der Waals surface area (Å²) in [5.41, 5.74) is 5.12. The Morgan fingerprint density at radius 1 is 1.25 bits per heavy atom. The van der Waals surface area contributed by atoms with Gasteiger partial charge in [0.2, 0.25) is 0 Å². The van der Waals surface area contributed by atoms with Crippen LogP contribution in [0.4, 0.5) is 0 Å². The van der Waals surface area contributed by atoms with Crippen LogP contribution in [0.5, 0.6) is 0 Å². The van der Waals surface area contributed by atoms with Gasteiger partial charge in [0.1, 0.15) is 0 Å². The molecular weight excluding hydrogens is 154 g/mol. The van der Waals surface area contributed by atoms with Gasteiger partial charge in [0, 0.05) is 31.7 Å². The Bertz CT molecular complexity index is 106. The van der Waals surface area contributed by atoms with Crippen LogP contribution in [-0.2, 0) is 0 Å². The molecule has 0 aliphatic heterocycles. The molecule has 0 bridgehead atoms. The largest absolute Gasteiger partial charge is 0.394 e. The maximum Gasteiger partial charge on any atom is 0.0607 e. The van der Waals surface area contributed by atoms with Crippen LogP contribution in [0.25, 0.3) is 0 Å². The SMILES string of the molecule is CC(C)(CO)NCCNCCN. The number of aliphatic hydroxyl groups excluding tert-OH is 1. The first-order valence-electron chi connectivity index (χ1n) is 4.39. The minimum atomic E-state index is -0.176. The van der Waals surface area contributed by atoms with E-state index >= 15 is 0 Å². The minimum absolute atomic E-state index is 0.157. The lowest BCUT2D eigenvalue weighted by Crippen LogP contribution is -2.45. The highest BCUT2D eigenvalue weighted by Crippen LogP contribution is 1.97. The highest BCUT2D eigenvalue weighted by atomic mass is 16.3. The Morgan fingerprint density at radius 3 is 2.42 bits per heavy atom. The van der Waals surface area contributed by atoms with Crippen molar-refractivity contribution in [2.75, 3.05) is 32.8 Å². The molecule has 0 aromatic rings. The number of nitrogens with two attached hydrogens (primary N) is 1. The van der Waals surface area contributed by atoms with Crippen molar-refractivity contribution in [1.29, 1.82) is 0 Å². The summed E-state index contributed by atoms with van der Waals surface area (Å²) in [5.74, 6) is 0. The normalized spacial score (nSPS) is 12.0. The molecule has 0 aliphatic rings. The lowest BCUT2D eigenvalue weighted by Gasteiger charge is -2.23. The van der Waals surface area contributed by atoms with Crippen molar-refractivity contribution in [2.24, 2.45) is 5.73 Å². The molecule has 0 spiro atoms. The van der Waals surface area contributed by atoms with Crippen LogP contribution in [0.15, 0.2) is 0 Å². The van der Waals surface area contributed by atoms with E-state index in [1.807, 2.05) is 13.8 Å². The molecule has 0 radical (unpaired) electrons. The van der Waals surface area contributed by atoms with Crippen LogP contribution in [0.2, 0.25) is 0 Å². The van der Waals surface area contributed by atoms with Gasteiger partial charge in [-0.3, -0.25) is 0 Å². The summed E-state index contributed by atoms with van der Waals surface area (Å²) in [4.78, 5) is 0. The fourth-order valence-corrected chi connectivity index (χ4v) is 0.772. The fraction of sp³-hybridized carbons (Fsp3) is 1.00. The molecule has 0 saturated heterocycles. The van der Waals surface area contributed by atoms with Gasteiger partial charge in [0.15, 0.2) is 0 Å². The van der Waals surface area contributed by atoms with E-state index in [1.165, 1.54) is 0 Å². The Morgan fingerprint density at radius 2 is 1.92 bits per heavy atom. The smallest absolute Gasteiger partial charge is 0.0607 e. The van der Waals surface area contributed by atoms with E-state index in [-0.39, 0.29) is 12.1 Å². The van der Waals surface area contributed by atoms with Crippen molar-refractivity contribution in [2.45, 2.75) is 19.4 Å². The topological polar surface area (TPSA) is 70.3 Å². The monoisotopic (exact) mass is 175 g/mol. The first kappa shape index (κ1) is 11.8. The quantitative estimate of drug-likeness (QED) is 0.371. The molecule has 0 atom stereocenters. The lowest BCUT2D eigenvalue weighted by atomic mass is 10.1. The molecule has 0 rings (SSSR count). The van der Waals surface area contributed by atoms with Crippen LogP contribution in [0.3, 0.4) is 0 Å². The van der Waals surface area contributed by atoms with E-state index in [1.54, 1.807) is 0 Å². The second-order valence-electron chi connectivity index (χ2n) is 3.51. The van der Waals surface area contributed by atoms with E-state index in [0.29, 0.717) is 6.54 Å². The summed E-state index contributed by atoms with van der Waals surface area (Å²) in [6, 6.07) is 0. The highest BCUT2D eigenvalue weighted by Gasteiger charge is 2.13. The summed E-state index contributed by atoms with van der Waals surface area (Å²) < 4.78 is 0. The second-order valence-corrected chi connectivity index (χ2v) is 3.51. The number of hydrogen-bond donors (Lipinski definition) is 4. The average molecular weight is 175 g/mol. The molecule has 0 unspecified atom stereocenters. The fourth-order valence-electron chi connectivity index (χ4n) is 0.772. The Balaban J connectivity index is 3.19.